The SMILES string of the molecule is COc1ccc(C(OC(=O)NC2CCCCC2)C(=O)c2ccc(CO)cc2)cc1.O=C(NC1CCCCC1)OCc1ccccc1[N+](=O)[O-].O=C(c1ccc(Sc2ccccc2)cc1)[N+]12CCN(CC1)CC2.c1ccc(CN2CCCN3CCCC32)cc1.c1ccc([B-](c2ccccc2)(c2ccccc2)c2ccccc2)cc1. The standard InChI is InChI=1S/C24H20B.C23H27NO5.C19H21N2OS.C14H18N2O4.C14H20N2/c1-5-13-21(14-6-1)25(22-15-7-2-8-16-22,23-17-9-3-10-18-23)24-19-11-4-12-20-24;1-28-20-13-11-18(12-14-20)22(21(26)17-9-7-16(15-25)8-10-17)29-23(27)24-19-5-3-2-4-6-19;22-19(21-13-10-20(11-14-21)12-15-21)16-6-8-18(9-7-16)23-17-4-2-1-3-5-17;17-14(15-12-7-2-1-3-8-12)20-10-11-6-4-5-9-13(11)16(18)19;1-2-6-13(7-3-1)12-16-11-5-10-15-9-4-8-14(15)16/h1-20H;7-14,19,22,25H,2-6,15H2,1H3,(H,24,27);1-9H,10-15H2;4-6,9,12H,1-3,7-8,10H2,(H,15,17);1-3,6-7,14H,4-5,8-12H2/q-1;;+1;;. The Labute approximate surface area is 670 Å². The number of hydrogen-bond donors (Lipinski definition) is 3. The molecule has 5 heterocycles. The number of nitro benzene ring substituents is 1. The van der Waals surface area contributed by atoms with Gasteiger partial charge < -0.3 is 30.0 Å². The summed E-state index contributed by atoms with van der Waals surface area (Å²) in [5, 5.41) is 25.7. The van der Waals surface area contributed by atoms with Crippen molar-refractivity contribution < 1.29 is 47.9 Å². The number of methoxy groups -OCH3 is 1. The first kappa shape index (κ1) is 82.0. The summed E-state index contributed by atoms with van der Waals surface area (Å²) >= 11 is 1.73. The average Bonchev–Trinajstić information content (AvgIpc) is 0.921. The van der Waals surface area contributed by atoms with Gasteiger partial charge in [0.2, 0.25) is 5.78 Å². The molecule has 7 aliphatic rings. The van der Waals surface area contributed by atoms with Gasteiger partial charge in [0.25, 0.3) is 5.69 Å². The second-order valence-electron chi connectivity index (χ2n) is 30.1. The highest BCUT2D eigenvalue weighted by Crippen LogP contribution is 2.32. The van der Waals surface area contributed by atoms with Crippen LogP contribution in [0.3, 0.4) is 0 Å². The molecule has 0 aromatic heterocycles. The number of nitro groups is 1. The molecule has 586 valence electrons. The van der Waals surface area contributed by atoms with E-state index in [1.807, 2.05) is 30.3 Å². The molecule has 17 rings (SSSR count). The molecule has 3 amide bonds. The molecular weight excluding hydrogens is 1430 g/mol. The molecule has 5 saturated heterocycles. The van der Waals surface area contributed by atoms with E-state index in [9.17, 15) is 34.4 Å². The molecule has 0 radical (unpaired) electrons. The van der Waals surface area contributed by atoms with Crippen LogP contribution in [0.15, 0.2) is 289 Å². The lowest BCUT2D eigenvalue weighted by Crippen LogP contribution is -2.74. The maximum absolute atomic E-state index is 13.1. The number of para-hydroxylation sites is 1. The Morgan fingerprint density at radius 1 is 0.504 bits per heavy atom. The van der Waals surface area contributed by atoms with Crippen LogP contribution in [0.25, 0.3) is 0 Å². The summed E-state index contributed by atoms with van der Waals surface area (Å²) in [4.78, 5) is 70.8. The molecule has 2 aliphatic carbocycles. The fourth-order valence-electron chi connectivity index (χ4n) is 16.7. The number of hydrogen-bond acceptors (Lipinski definition) is 14. The summed E-state index contributed by atoms with van der Waals surface area (Å²) in [6, 6.07) is 92.9. The Hall–Kier alpha value is -10.5. The number of rotatable bonds is 20. The predicted molar refractivity (Wildman–Crippen MR) is 451 cm³/mol. The number of amides is 3. The van der Waals surface area contributed by atoms with Crippen molar-refractivity contribution >= 4 is 69.3 Å². The largest absolute Gasteiger partial charge is 0.497 e. The van der Waals surface area contributed by atoms with E-state index in [1.165, 1.54) is 95.0 Å². The number of nitrogens with zero attached hydrogens (tertiary/aromatic N) is 5. The summed E-state index contributed by atoms with van der Waals surface area (Å²) in [6.07, 6.45) is 12.1. The Morgan fingerprint density at radius 2 is 0.973 bits per heavy atom. The minimum atomic E-state index is -1.22. The minimum absolute atomic E-state index is 0.0297. The van der Waals surface area contributed by atoms with Gasteiger partial charge in [-0.2, -0.15) is 21.9 Å². The van der Waals surface area contributed by atoms with Crippen LogP contribution in [0.4, 0.5) is 15.3 Å². The van der Waals surface area contributed by atoms with Crippen molar-refractivity contribution in [2.45, 2.75) is 137 Å². The molecule has 17 nitrogen and oxygen atoms in total. The Bertz CT molecular complexity index is 4400. The molecule has 3 N–H and O–H groups in total. The zero-order chi connectivity index (χ0) is 78.5. The number of benzene rings is 10. The fraction of sp³-hybridized carbons (Fsp3) is 0.319. The van der Waals surface area contributed by atoms with Crippen molar-refractivity contribution in [1.29, 1.82) is 0 Å². The lowest BCUT2D eigenvalue weighted by molar-refractivity contribution is -0.864. The molecule has 2 atom stereocenters. The monoisotopic (exact) mass is 1540 g/mol. The number of carbonyl (C=O) groups excluding carboxylic acids is 4. The molecule has 0 spiro atoms. The molecule has 2 bridgehead atoms. The van der Waals surface area contributed by atoms with Gasteiger partial charge in [0.1, 0.15) is 18.5 Å². The van der Waals surface area contributed by atoms with Crippen molar-refractivity contribution in [3.63, 3.8) is 0 Å². The molecule has 19 heteroatoms. The first-order valence-corrected chi connectivity index (χ1v) is 41.1. The second kappa shape index (κ2) is 41.9. The highest BCUT2D eigenvalue weighted by Gasteiger charge is 2.45. The van der Waals surface area contributed by atoms with Crippen LogP contribution in [-0.2, 0) is 29.2 Å². The number of aliphatic hydroxyl groups excluding tert-OH is 1. The maximum Gasteiger partial charge on any atom is 0.408 e. The first-order valence-electron chi connectivity index (χ1n) is 40.2. The number of quaternary nitrogens is 1. The number of fused-ring (bicyclic) bond motifs is 4. The second-order valence-corrected chi connectivity index (χ2v) is 31.2. The summed E-state index contributed by atoms with van der Waals surface area (Å²) in [5.41, 5.74) is 9.73. The lowest BCUT2D eigenvalue weighted by Gasteiger charge is -2.48. The number of Topliss-reactive ketones (excluding diaryl/α,β-unsaturated/α-hetero) is 1. The molecule has 10 aromatic carbocycles. The smallest absolute Gasteiger partial charge is 0.408 e. The van der Waals surface area contributed by atoms with Gasteiger partial charge in [-0.1, -0.05) is 269 Å². The number of carbonyl (C=O) groups is 4. The molecule has 2 unspecified atom stereocenters. The van der Waals surface area contributed by atoms with E-state index in [4.69, 9.17) is 14.2 Å². The number of alkyl carbamates (subject to hydrolysis) is 2. The predicted octanol–water partition coefficient (Wildman–Crippen LogP) is 15.8. The quantitative estimate of drug-likeness (QED) is 0.0214. The lowest BCUT2D eigenvalue weighted by atomic mass is 9.13. The fourth-order valence-corrected chi connectivity index (χ4v) is 17.5. The maximum atomic E-state index is 13.1. The number of aliphatic hydroxyl groups is 1. The van der Waals surface area contributed by atoms with Crippen LogP contribution in [0.2, 0.25) is 0 Å². The van der Waals surface area contributed by atoms with E-state index < -0.39 is 29.4 Å². The molecule has 5 aliphatic heterocycles. The van der Waals surface area contributed by atoms with Crippen molar-refractivity contribution in [3.05, 3.63) is 323 Å². The third kappa shape index (κ3) is 22.5. The van der Waals surface area contributed by atoms with Crippen molar-refractivity contribution in [1.82, 2.24) is 25.3 Å². The van der Waals surface area contributed by atoms with E-state index in [2.05, 4.69) is 201 Å². The molecular formula is C94H106BN7O10S. The van der Waals surface area contributed by atoms with Crippen LogP contribution in [-0.4, -0.2) is 143 Å². The van der Waals surface area contributed by atoms with Gasteiger partial charge in [0.05, 0.1) is 55.6 Å². The number of piperazine rings is 3. The van der Waals surface area contributed by atoms with Gasteiger partial charge in [-0.05, 0) is 117 Å². The number of nitrogens with one attached hydrogen (secondary N) is 2. The van der Waals surface area contributed by atoms with E-state index >= 15 is 0 Å². The molecule has 10 aromatic rings. The van der Waals surface area contributed by atoms with Gasteiger partial charge in [0, 0.05) is 78.3 Å². The van der Waals surface area contributed by atoms with E-state index in [0.717, 1.165) is 109 Å². The third-order valence-corrected chi connectivity index (χ3v) is 23.8. The van der Waals surface area contributed by atoms with Crippen LogP contribution >= 0.6 is 11.8 Å². The Balaban J connectivity index is 0.000000132. The van der Waals surface area contributed by atoms with E-state index in [-0.39, 0.29) is 36.8 Å². The Kier molecular flexibility index (Phi) is 30.4. The summed E-state index contributed by atoms with van der Waals surface area (Å²) in [7, 11) is 1.56. The highest BCUT2D eigenvalue weighted by atomic mass is 32.2. The number of ketones is 1. The zero-order valence-electron chi connectivity index (χ0n) is 64.9. The first-order chi connectivity index (χ1) is 55.4. The van der Waals surface area contributed by atoms with Gasteiger partial charge in [0.15, 0.2) is 6.10 Å². The van der Waals surface area contributed by atoms with Gasteiger partial charge in [-0.25, -0.2) is 14.4 Å². The number of ether oxygens (including phenoxy) is 3. The normalized spacial score (nSPS) is 18.3. The van der Waals surface area contributed by atoms with Crippen LogP contribution < -0.4 is 37.2 Å². The summed E-state index contributed by atoms with van der Waals surface area (Å²) in [5.74, 6) is 0.637. The summed E-state index contributed by atoms with van der Waals surface area (Å²) < 4.78 is 16.5. The third-order valence-electron chi connectivity index (χ3n) is 22.8. The van der Waals surface area contributed by atoms with E-state index in [1.54, 1.807) is 85.6 Å². The van der Waals surface area contributed by atoms with Gasteiger partial charge in [-0.15, -0.1) is 0 Å². The van der Waals surface area contributed by atoms with E-state index in [0.29, 0.717) is 38.4 Å². The molecule has 2 saturated carbocycles. The van der Waals surface area contributed by atoms with Crippen molar-refractivity contribution in [2.24, 2.45) is 0 Å². The Morgan fingerprint density at radius 3 is 1.49 bits per heavy atom. The van der Waals surface area contributed by atoms with Gasteiger partial charge >= 0.3 is 18.1 Å². The van der Waals surface area contributed by atoms with Crippen molar-refractivity contribution in [3.8, 4) is 5.75 Å². The summed E-state index contributed by atoms with van der Waals surface area (Å²) in [6.45, 7) is 10.9. The topological polar surface area (TPSA) is 193 Å². The van der Waals surface area contributed by atoms with Gasteiger partial charge in [-0.3, -0.25) is 34.1 Å². The molecule has 7 fully saturated rings. The molecule has 113 heavy (non-hydrogen) atoms. The van der Waals surface area contributed by atoms with Crippen LogP contribution in [0.1, 0.15) is 133 Å². The zero-order valence-corrected chi connectivity index (χ0v) is 65.7. The minimum Gasteiger partial charge on any atom is -0.497 e. The van der Waals surface area contributed by atoms with Crippen LogP contribution in [0.5, 0.6) is 5.75 Å². The van der Waals surface area contributed by atoms with Crippen LogP contribution in [0, 0.1) is 10.1 Å². The highest BCUT2D eigenvalue weighted by molar-refractivity contribution is 7.99. The van der Waals surface area contributed by atoms with Crippen molar-refractivity contribution in [2.75, 3.05) is 66.0 Å². The average molecular weight is 1540 g/mol.